The molecule has 1 fully saturated rings. The van der Waals surface area contributed by atoms with E-state index in [2.05, 4.69) is 5.32 Å². The van der Waals surface area contributed by atoms with Gasteiger partial charge in [0, 0.05) is 20.1 Å². The highest BCUT2D eigenvalue weighted by molar-refractivity contribution is 5.20. The summed E-state index contributed by atoms with van der Waals surface area (Å²) < 4.78 is 19.2. The van der Waals surface area contributed by atoms with E-state index in [0.717, 1.165) is 31.5 Å². The molecular weight excluding hydrogens is 205 g/mol. The van der Waals surface area contributed by atoms with Crippen LogP contribution in [0.3, 0.4) is 0 Å². The number of hydrogen-bond donors (Lipinski definition) is 1. The molecule has 1 unspecified atom stereocenters. The maximum absolute atomic E-state index is 13.6. The summed E-state index contributed by atoms with van der Waals surface area (Å²) in [6, 6.07) is 6.94. The van der Waals surface area contributed by atoms with Crippen LogP contribution in [0, 0.1) is 5.82 Å². The minimum absolute atomic E-state index is 0.135. The number of benzene rings is 1. The van der Waals surface area contributed by atoms with Crippen LogP contribution in [0.1, 0.15) is 18.4 Å². The fourth-order valence-electron chi connectivity index (χ4n) is 2.33. The molecule has 1 N–H and O–H groups in total. The maximum atomic E-state index is 13.6. The van der Waals surface area contributed by atoms with Gasteiger partial charge in [-0.15, -0.1) is 0 Å². The summed E-state index contributed by atoms with van der Waals surface area (Å²) in [5, 5.41) is 3.32. The summed E-state index contributed by atoms with van der Waals surface area (Å²) in [7, 11) is 1.72. The lowest BCUT2D eigenvalue weighted by atomic mass is 9.87. The third-order valence-corrected chi connectivity index (χ3v) is 3.34. The fourth-order valence-corrected chi connectivity index (χ4v) is 2.33. The summed E-state index contributed by atoms with van der Waals surface area (Å²) in [5.74, 6) is -0.135. The van der Waals surface area contributed by atoms with Gasteiger partial charge in [0.25, 0.3) is 0 Å². The van der Waals surface area contributed by atoms with Gasteiger partial charge in [-0.2, -0.15) is 0 Å². The van der Waals surface area contributed by atoms with Gasteiger partial charge in [-0.3, -0.25) is 0 Å². The lowest BCUT2D eigenvalue weighted by Gasteiger charge is -2.36. The number of nitrogens with one attached hydrogen (secondary N) is 1. The molecular formula is C13H18FNO. The zero-order chi connectivity index (χ0) is 11.4. The molecule has 0 amide bonds. The Morgan fingerprint density at radius 3 is 2.88 bits per heavy atom. The van der Waals surface area contributed by atoms with Crippen molar-refractivity contribution in [1.82, 2.24) is 5.32 Å². The van der Waals surface area contributed by atoms with Gasteiger partial charge in [-0.1, -0.05) is 18.2 Å². The Bertz CT molecular complexity index is 348. The van der Waals surface area contributed by atoms with Crippen molar-refractivity contribution < 1.29 is 9.13 Å². The monoisotopic (exact) mass is 223 g/mol. The molecule has 1 aliphatic heterocycles. The van der Waals surface area contributed by atoms with Crippen molar-refractivity contribution >= 4 is 0 Å². The summed E-state index contributed by atoms with van der Waals surface area (Å²) in [6.07, 6.45) is 2.72. The molecule has 16 heavy (non-hydrogen) atoms. The van der Waals surface area contributed by atoms with E-state index in [1.54, 1.807) is 13.2 Å². The third kappa shape index (κ3) is 2.42. The van der Waals surface area contributed by atoms with Crippen molar-refractivity contribution in [2.45, 2.75) is 24.9 Å². The molecule has 0 aliphatic carbocycles. The van der Waals surface area contributed by atoms with Crippen LogP contribution in [0.4, 0.5) is 4.39 Å². The smallest absolute Gasteiger partial charge is 0.126 e. The van der Waals surface area contributed by atoms with E-state index in [1.165, 1.54) is 6.07 Å². The van der Waals surface area contributed by atoms with Crippen molar-refractivity contribution in [3.63, 3.8) is 0 Å². The van der Waals surface area contributed by atoms with Crippen LogP contribution in [0.25, 0.3) is 0 Å². The first-order valence-corrected chi connectivity index (χ1v) is 5.75. The Hall–Kier alpha value is -0.930. The van der Waals surface area contributed by atoms with Gasteiger partial charge >= 0.3 is 0 Å². The van der Waals surface area contributed by atoms with Crippen LogP contribution >= 0.6 is 0 Å². The summed E-state index contributed by atoms with van der Waals surface area (Å²) in [4.78, 5) is 0. The lowest BCUT2D eigenvalue weighted by Crippen LogP contribution is -2.48. The van der Waals surface area contributed by atoms with E-state index < -0.39 is 0 Å². The second kappa shape index (κ2) is 4.93. The zero-order valence-electron chi connectivity index (χ0n) is 9.63. The van der Waals surface area contributed by atoms with Crippen LogP contribution in [-0.2, 0) is 11.2 Å². The number of halogens is 1. The maximum Gasteiger partial charge on any atom is 0.126 e. The van der Waals surface area contributed by atoms with Crippen LogP contribution in [0.5, 0.6) is 0 Å². The first-order chi connectivity index (χ1) is 7.76. The Balaban J connectivity index is 2.15. The minimum atomic E-state index is -0.236. The van der Waals surface area contributed by atoms with Crippen molar-refractivity contribution in [1.29, 1.82) is 0 Å². The van der Waals surface area contributed by atoms with E-state index in [4.69, 9.17) is 4.74 Å². The first kappa shape index (κ1) is 11.6. The number of rotatable bonds is 3. The molecule has 1 saturated heterocycles. The average Bonchev–Trinajstić information content (AvgIpc) is 2.33. The molecule has 3 heteroatoms. The van der Waals surface area contributed by atoms with Crippen LogP contribution in [0.2, 0.25) is 0 Å². The molecule has 1 aliphatic rings. The number of methoxy groups -OCH3 is 1. The molecule has 2 rings (SSSR count). The predicted octanol–water partition coefficient (Wildman–Crippen LogP) is 2.14. The normalized spacial score (nSPS) is 25.6. The molecule has 2 nitrogen and oxygen atoms in total. The van der Waals surface area contributed by atoms with E-state index in [0.29, 0.717) is 6.42 Å². The van der Waals surface area contributed by atoms with Crippen molar-refractivity contribution in [2.24, 2.45) is 0 Å². The van der Waals surface area contributed by atoms with Crippen LogP contribution in [0.15, 0.2) is 24.3 Å². The quantitative estimate of drug-likeness (QED) is 0.847. The van der Waals surface area contributed by atoms with Gasteiger partial charge in [-0.05, 0) is 31.0 Å². The minimum Gasteiger partial charge on any atom is -0.377 e. The largest absolute Gasteiger partial charge is 0.377 e. The molecule has 1 aromatic rings. The summed E-state index contributed by atoms with van der Waals surface area (Å²) in [5.41, 5.74) is 0.508. The molecule has 0 spiro atoms. The second-order valence-electron chi connectivity index (χ2n) is 4.44. The van der Waals surface area contributed by atoms with Crippen molar-refractivity contribution in [3.05, 3.63) is 35.6 Å². The van der Waals surface area contributed by atoms with Crippen molar-refractivity contribution in [3.8, 4) is 0 Å². The molecule has 0 bridgehead atoms. The predicted molar refractivity (Wildman–Crippen MR) is 61.9 cm³/mol. The Labute approximate surface area is 95.8 Å². The van der Waals surface area contributed by atoms with E-state index >= 15 is 0 Å². The number of ether oxygens (including phenoxy) is 1. The van der Waals surface area contributed by atoms with Crippen LogP contribution in [-0.4, -0.2) is 25.8 Å². The highest BCUT2D eigenvalue weighted by atomic mass is 19.1. The standard InChI is InChI=1S/C13H18FNO/c1-16-13(7-4-8-15-10-13)9-11-5-2-3-6-12(11)14/h2-3,5-6,15H,4,7-10H2,1H3. The molecule has 1 atom stereocenters. The van der Waals surface area contributed by atoms with Gasteiger partial charge in [0.2, 0.25) is 0 Å². The van der Waals surface area contributed by atoms with E-state index in [9.17, 15) is 4.39 Å². The first-order valence-electron chi connectivity index (χ1n) is 5.75. The number of hydrogen-bond acceptors (Lipinski definition) is 2. The van der Waals surface area contributed by atoms with Gasteiger partial charge in [0.1, 0.15) is 5.82 Å². The Kier molecular flexibility index (Phi) is 3.56. The molecule has 88 valence electrons. The van der Waals surface area contributed by atoms with Gasteiger partial charge in [0.15, 0.2) is 0 Å². The van der Waals surface area contributed by atoms with E-state index in [1.807, 2.05) is 12.1 Å². The fraction of sp³-hybridized carbons (Fsp3) is 0.538. The topological polar surface area (TPSA) is 21.3 Å². The zero-order valence-corrected chi connectivity index (χ0v) is 9.63. The van der Waals surface area contributed by atoms with Crippen LogP contribution < -0.4 is 5.32 Å². The average molecular weight is 223 g/mol. The molecule has 0 radical (unpaired) electrons. The molecule has 1 heterocycles. The summed E-state index contributed by atoms with van der Waals surface area (Å²) in [6.45, 7) is 1.83. The Morgan fingerprint density at radius 2 is 2.25 bits per heavy atom. The molecule has 0 aromatic heterocycles. The lowest BCUT2D eigenvalue weighted by molar-refractivity contribution is -0.0283. The SMILES string of the molecule is COC1(Cc2ccccc2F)CCCNC1. The van der Waals surface area contributed by atoms with Gasteiger partial charge < -0.3 is 10.1 Å². The van der Waals surface area contributed by atoms with Crippen molar-refractivity contribution in [2.75, 3.05) is 20.2 Å². The Morgan fingerprint density at radius 1 is 1.44 bits per heavy atom. The molecule has 0 saturated carbocycles. The highest BCUT2D eigenvalue weighted by Gasteiger charge is 2.32. The van der Waals surface area contributed by atoms with Gasteiger partial charge in [0.05, 0.1) is 5.60 Å². The molecule has 1 aromatic carbocycles. The second-order valence-corrected chi connectivity index (χ2v) is 4.44. The van der Waals surface area contributed by atoms with E-state index in [-0.39, 0.29) is 11.4 Å². The third-order valence-electron chi connectivity index (χ3n) is 3.34. The van der Waals surface area contributed by atoms with Gasteiger partial charge in [-0.25, -0.2) is 4.39 Å². The highest BCUT2D eigenvalue weighted by Crippen LogP contribution is 2.25. The summed E-state index contributed by atoms with van der Waals surface area (Å²) >= 11 is 0. The number of piperidine rings is 1.